The van der Waals surface area contributed by atoms with Crippen molar-refractivity contribution in [2.24, 2.45) is 0 Å². The Morgan fingerprint density at radius 2 is 1.96 bits per heavy atom. The van der Waals surface area contributed by atoms with Gasteiger partial charge < -0.3 is 10.5 Å². The number of rotatable bonds is 4. The number of halogens is 2. The van der Waals surface area contributed by atoms with Crippen LogP contribution in [-0.2, 0) is 0 Å². The first kappa shape index (κ1) is 18.5. The summed E-state index contributed by atoms with van der Waals surface area (Å²) >= 11 is 6.12. The van der Waals surface area contributed by atoms with Gasteiger partial charge in [-0.3, -0.25) is 4.40 Å². The van der Waals surface area contributed by atoms with E-state index in [1.165, 1.54) is 0 Å². The van der Waals surface area contributed by atoms with Gasteiger partial charge in [-0.05, 0) is 33.8 Å². The average Bonchev–Trinajstić information content (AvgIpc) is 2.92. The van der Waals surface area contributed by atoms with Crippen LogP contribution >= 0.6 is 11.6 Å². The number of aryl methyl sites for hydroxylation is 1. The van der Waals surface area contributed by atoms with Gasteiger partial charge in [0.15, 0.2) is 0 Å². The molecule has 2 heterocycles. The van der Waals surface area contributed by atoms with Gasteiger partial charge in [-0.25, -0.2) is 14.4 Å². The lowest BCUT2D eigenvalue weighted by atomic mass is 9.96. The van der Waals surface area contributed by atoms with Gasteiger partial charge in [0.1, 0.15) is 28.7 Å². The van der Waals surface area contributed by atoms with Crippen LogP contribution in [0.4, 0.5) is 10.2 Å². The fraction of sp³-hybridized carbons (Fsp3) is 0.368. The van der Waals surface area contributed by atoms with Gasteiger partial charge in [-0.1, -0.05) is 18.5 Å². The number of nitrogen functional groups attached to an aromatic ring is 1. The van der Waals surface area contributed by atoms with E-state index >= 15 is 0 Å². The van der Waals surface area contributed by atoms with Crippen LogP contribution in [0.25, 0.3) is 5.52 Å². The Balaban J connectivity index is 2.23. The molecule has 0 aliphatic rings. The Bertz CT molecular complexity index is 984. The SMILES string of the molecule is Cc1c(F)c(Cl)cc(C(C)c2nc(C)c3c(N)nccn23)c1OC(C)C. The quantitative estimate of drug-likeness (QED) is 0.719. The van der Waals surface area contributed by atoms with Crippen LogP contribution in [0.3, 0.4) is 0 Å². The highest BCUT2D eigenvalue weighted by Crippen LogP contribution is 2.39. The molecule has 0 saturated carbocycles. The number of hydrogen-bond donors (Lipinski definition) is 1. The maximum absolute atomic E-state index is 14.3. The van der Waals surface area contributed by atoms with Crippen molar-refractivity contribution < 1.29 is 9.13 Å². The first-order valence-corrected chi connectivity index (χ1v) is 8.84. The van der Waals surface area contributed by atoms with Crippen LogP contribution in [0, 0.1) is 19.7 Å². The second-order valence-corrected chi connectivity index (χ2v) is 7.10. The Labute approximate surface area is 157 Å². The van der Waals surface area contributed by atoms with Crippen molar-refractivity contribution in [1.82, 2.24) is 14.4 Å². The van der Waals surface area contributed by atoms with Crippen molar-refractivity contribution in [2.75, 3.05) is 5.73 Å². The molecule has 3 rings (SSSR count). The summed E-state index contributed by atoms with van der Waals surface area (Å²) in [6.45, 7) is 9.36. The van der Waals surface area contributed by atoms with Crippen LogP contribution in [0.2, 0.25) is 5.02 Å². The van der Waals surface area contributed by atoms with Gasteiger partial charge in [-0.15, -0.1) is 0 Å². The van der Waals surface area contributed by atoms with E-state index < -0.39 is 5.82 Å². The third-order valence-corrected chi connectivity index (χ3v) is 4.69. The molecule has 0 radical (unpaired) electrons. The van der Waals surface area contributed by atoms with Crippen molar-refractivity contribution in [1.29, 1.82) is 0 Å². The van der Waals surface area contributed by atoms with Crippen LogP contribution in [-0.4, -0.2) is 20.5 Å². The predicted octanol–water partition coefficient (Wildman–Crippen LogP) is 4.66. The molecule has 5 nitrogen and oxygen atoms in total. The molecule has 0 saturated heterocycles. The highest BCUT2D eigenvalue weighted by molar-refractivity contribution is 6.31. The molecule has 138 valence electrons. The molecule has 26 heavy (non-hydrogen) atoms. The molecule has 3 aromatic rings. The van der Waals surface area contributed by atoms with Crippen molar-refractivity contribution in [3.05, 3.63) is 51.9 Å². The molecule has 1 atom stereocenters. The fourth-order valence-electron chi connectivity index (χ4n) is 3.19. The molecule has 1 aromatic carbocycles. The maximum Gasteiger partial charge on any atom is 0.149 e. The summed E-state index contributed by atoms with van der Waals surface area (Å²) in [6.07, 6.45) is 3.35. The first-order chi connectivity index (χ1) is 12.2. The van der Waals surface area contributed by atoms with Gasteiger partial charge >= 0.3 is 0 Å². The minimum Gasteiger partial charge on any atom is -0.490 e. The summed E-state index contributed by atoms with van der Waals surface area (Å²) in [5.74, 6) is 1.04. The molecule has 0 aliphatic heterocycles. The summed E-state index contributed by atoms with van der Waals surface area (Å²) < 4.78 is 22.2. The third-order valence-electron chi connectivity index (χ3n) is 4.42. The Morgan fingerprint density at radius 1 is 1.27 bits per heavy atom. The second kappa shape index (κ2) is 6.76. The van der Waals surface area contributed by atoms with E-state index in [9.17, 15) is 4.39 Å². The average molecular weight is 377 g/mol. The summed E-state index contributed by atoms with van der Waals surface area (Å²) in [5, 5.41) is 0.0687. The fourth-order valence-corrected chi connectivity index (χ4v) is 3.45. The lowest BCUT2D eigenvalue weighted by Crippen LogP contribution is -2.13. The highest BCUT2D eigenvalue weighted by atomic mass is 35.5. The molecule has 0 aliphatic carbocycles. The van der Waals surface area contributed by atoms with Gasteiger partial charge in [0.2, 0.25) is 0 Å². The van der Waals surface area contributed by atoms with E-state index in [0.29, 0.717) is 17.1 Å². The van der Waals surface area contributed by atoms with E-state index in [1.807, 2.05) is 38.3 Å². The normalized spacial score (nSPS) is 12.8. The summed E-state index contributed by atoms with van der Waals surface area (Å²) in [4.78, 5) is 8.81. The van der Waals surface area contributed by atoms with Gasteiger partial charge in [0.05, 0.1) is 16.8 Å². The zero-order valence-corrected chi connectivity index (χ0v) is 16.2. The number of imidazole rings is 1. The molecule has 7 heteroatoms. The van der Waals surface area contributed by atoms with E-state index in [4.69, 9.17) is 22.1 Å². The van der Waals surface area contributed by atoms with Crippen molar-refractivity contribution in [3.63, 3.8) is 0 Å². The summed E-state index contributed by atoms with van der Waals surface area (Å²) in [7, 11) is 0. The lowest BCUT2D eigenvalue weighted by molar-refractivity contribution is 0.236. The molecule has 0 fully saturated rings. The zero-order valence-electron chi connectivity index (χ0n) is 15.5. The van der Waals surface area contributed by atoms with E-state index in [0.717, 1.165) is 22.6 Å². The second-order valence-electron chi connectivity index (χ2n) is 6.69. The smallest absolute Gasteiger partial charge is 0.149 e. The monoisotopic (exact) mass is 376 g/mol. The van der Waals surface area contributed by atoms with Crippen LogP contribution in [0.15, 0.2) is 18.5 Å². The molecular weight excluding hydrogens is 355 g/mol. The topological polar surface area (TPSA) is 65.4 Å². The molecule has 2 aromatic heterocycles. The lowest BCUT2D eigenvalue weighted by Gasteiger charge is -2.21. The molecule has 1 unspecified atom stereocenters. The minimum absolute atomic E-state index is 0.0687. The van der Waals surface area contributed by atoms with Gasteiger partial charge in [-0.2, -0.15) is 0 Å². The van der Waals surface area contributed by atoms with Crippen molar-refractivity contribution in [2.45, 2.75) is 46.6 Å². The molecular formula is C19H22ClFN4O. The Kier molecular flexibility index (Phi) is 4.80. The number of anilines is 1. The van der Waals surface area contributed by atoms with Crippen LogP contribution in [0.1, 0.15) is 49.3 Å². The third kappa shape index (κ3) is 2.98. The van der Waals surface area contributed by atoms with E-state index in [-0.39, 0.29) is 17.0 Å². The van der Waals surface area contributed by atoms with Crippen LogP contribution < -0.4 is 10.5 Å². The van der Waals surface area contributed by atoms with E-state index in [2.05, 4.69) is 9.97 Å². The number of aromatic nitrogens is 3. The predicted molar refractivity (Wildman–Crippen MR) is 102 cm³/mol. The largest absolute Gasteiger partial charge is 0.490 e. The van der Waals surface area contributed by atoms with Gasteiger partial charge in [0, 0.05) is 29.4 Å². The Hall–Kier alpha value is -2.34. The molecule has 0 spiro atoms. The number of nitrogens with two attached hydrogens (primary N) is 1. The van der Waals surface area contributed by atoms with E-state index in [1.54, 1.807) is 19.2 Å². The summed E-state index contributed by atoms with van der Waals surface area (Å²) in [6, 6.07) is 1.62. The highest BCUT2D eigenvalue weighted by Gasteiger charge is 2.25. The number of fused-ring (bicyclic) bond motifs is 1. The van der Waals surface area contributed by atoms with Crippen LogP contribution in [0.5, 0.6) is 5.75 Å². The maximum atomic E-state index is 14.3. The Morgan fingerprint density at radius 3 is 2.62 bits per heavy atom. The van der Waals surface area contributed by atoms with Crippen molar-refractivity contribution >= 4 is 22.9 Å². The van der Waals surface area contributed by atoms with Gasteiger partial charge in [0.25, 0.3) is 0 Å². The number of nitrogens with zero attached hydrogens (tertiary/aromatic N) is 3. The number of ether oxygens (including phenoxy) is 1. The molecule has 0 amide bonds. The zero-order chi connectivity index (χ0) is 19.2. The number of benzene rings is 1. The summed E-state index contributed by atoms with van der Waals surface area (Å²) in [5.41, 5.74) is 8.74. The minimum atomic E-state index is -0.462. The first-order valence-electron chi connectivity index (χ1n) is 8.46. The molecule has 2 N–H and O–H groups in total. The molecule has 0 bridgehead atoms. The standard InChI is InChI=1S/C19H22ClFN4O/c1-9(2)26-17-11(4)15(21)14(20)8-13(17)10(3)19-24-12(5)16-18(22)23-6-7-25(16)19/h6-10H,1-5H3,(H2,22,23). The van der Waals surface area contributed by atoms with Crippen molar-refractivity contribution in [3.8, 4) is 5.75 Å². The number of hydrogen-bond acceptors (Lipinski definition) is 4.